The van der Waals surface area contributed by atoms with E-state index >= 15 is 0 Å². The third kappa shape index (κ3) is 7.12. The fourth-order valence-electron chi connectivity index (χ4n) is 2.37. The number of ether oxygens (including phenoxy) is 1. The molecule has 1 heterocycles. The highest BCUT2D eigenvalue weighted by atomic mass is 35.5. The van der Waals surface area contributed by atoms with Crippen molar-refractivity contribution in [2.45, 2.75) is 49.8 Å². The van der Waals surface area contributed by atoms with E-state index in [1.807, 2.05) is 24.8 Å². The molecule has 130 valence electrons. The van der Waals surface area contributed by atoms with Crippen LogP contribution in [0.15, 0.2) is 23.1 Å². The van der Waals surface area contributed by atoms with Gasteiger partial charge in [-0.3, -0.25) is 4.79 Å². The molecule has 1 aromatic rings. The molecule has 0 spiro atoms. The van der Waals surface area contributed by atoms with Gasteiger partial charge in [0, 0.05) is 34.3 Å². The molecule has 0 radical (unpaired) electrons. The molecule has 0 aromatic heterocycles. The van der Waals surface area contributed by atoms with Crippen molar-refractivity contribution in [3.05, 3.63) is 23.8 Å². The van der Waals surface area contributed by atoms with E-state index in [1.165, 1.54) is 4.90 Å². The van der Waals surface area contributed by atoms with Gasteiger partial charge in [-0.25, -0.2) is 0 Å². The quantitative estimate of drug-likeness (QED) is 0.807. The number of anilines is 1. The Morgan fingerprint density at radius 2 is 2.17 bits per heavy atom. The Labute approximate surface area is 149 Å². The van der Waals surface area contributed by atoms with Gasteiger partial charge in [0.1, 0.15) is 0 Å². The fraction of sp³-hybridized carbons (Fsp3) is 0.588. The molecule has 0 bridgehead atoms. The molecule has 1 fully saturated rings. The topological polar surface area (TPSA) is 50.4 Å². The zero-order chi connectivity index (χ0) is 16.2. The number of carbonyl (C=O) groups excluding carboxylic acids is 1. The monoisotopic (exact) mass is 358 g/mol. The van der Waals surface area contributed by atoms with Crippen molar-refractivity contribution in [2.75, 3.05) is 25.1 Å². The minimum Gasteiger partial charge on any atom is -0.378 e. The van der Waals surface area contributed by atoms with E-state index in [4.69, 9.17) is 4.74 Å². The summed E-state index contributed by atoms with van der Waals surface area (Å²) >= 11 is 1.83. The van der Waals surface area contributed by atoms with Crippen LogP contribution < -0.4 is 10.6 Å². The zero-order valence-electron chi connectivity index (χ0n) is 14.3. The van der Waals surface area contributed by atoms with Crippen LogP contribution in [0.4, 0.5) is 5.69 Å². The van der Waals surface area contributed by atoms with Gasteiger partial charge in [0.2, 0.25) is 5.91 Å². The lowest BCUT2D eigenvalue weighted by atomic mass is 10.1. The SMILES string of the molecule is Cc1cc(SC(C)(C)C)ccc1NC(=O)CC1COCCN1.Cl. The van der Waals surface area contributed by atoms with Crippen LogP contribution in [-0.4, -0.2) is 36.5 Å². The molecule has 1 aromatic carbocycles. The summed E-state index contributed by atoms with van der Waals surface area (Å²) in [5.74, 6) is 0.0299. The van der Waals surface area contributed by atoms with Crippen LogP contribution in [0, 0.1) is 6.92 Å². The first-order valence-electron chi connectivity index (χ1n) is 7.74. The van der Waals surface area contributed by atoms with E-state index in [0.717, 1.165) is 24.4 Å². The second-order valence-electron chi connectivity index (χ2n) is 6.67. The summed E-state index contributed by atoms with van der Waals surface area (Å²) in [4.78, 5) is 13.4. The lowest BCUT2D eigenvalue weighted by Crippen LogP contribution is -2.43. The standard InChI is InChI=1S/C17H26N2O2S.ClH/c1-12-9-14(22-17(2,3)4)5-6-15(12)19-16(20)10-13-11-21-8-7-18-13;/h5-6,9,13,18H,7-8,10-11H2,1-4H3,(H,19,20);1H. The van der Waals surface area contributed by atoms with Gasteiger partial charge in [0.15, 0.2) is 0 Å². The maximum absolute atomic E-state index is 12.1. The molecule has 23 heavy (non-hydrogen) atoms. The highest BCUT2D eigenvalue weighted by Crippen LogP contribution is 2.33. The lowest BCUT2D eigenvalue weighted by molar-refractivity contribution is -0.117. The van der Waals surface area contributed by atoms with E-state index in [0.29, 0.717) is 13.0 Å². The predicted molar refractivity (Wildman–Crippen MR) is 99.9 cm³/mol. The van der Waals surface area contributed by atoms with Crippen molar-refractivity contribution < 1.29 is 9.53 Å². The van der Waals surface area contributed by atoms with Crippen LogP contribution >= 0.6 is 24.2 Å². The van der Waals surface area contributed by atoms with Gasteiger partial charge >= 0.3 is 0 Å². The summed E-state index contributed by atoms with van der Waals surface area (Å²) < 4.78 is 5.56. The van der Waals surface area contributed by atoms with Crippen molar-refractivity contribution in [2.24, 2.45) is 0 Å². The molecule has 1 aliphatic rings. The molecule has 4 nitrogen and oxygen atoms in total. The number of hydrogen-bond donors (Lipinski definition) is 2. The largest absolute Gasteiger partial charge is 0.378 e. The fourth-order valence-corrected chi connectivity index (χ4v) is 3.45. The summed E-state index contributed by atoms with van der Waals surface area (Å²) in [6.45, 7) is 10.8. The van der Waals surface area contributed by atoms with Crippen molar-refractivity contribution in [3.63, 3.8) is 0 Å². The Morgan fingerprint density at radius 3 is 2.74 bits per heavy atom. The number of nitrogens with one attached hydrogen (secondary N) is 2. The number of rotatable bonds is 4. The predicted octanol–water partition coefficient (Wildman–Crippen LogP) is 3.62. The highest BCUT2D eigenvalue weighted by molar-refractivity contribution is 8.00. The Bertz CT molecular complexity index is 526. The summed E-state index contributed by atoms with van der Waals surface area (Å²) in [5, 5.41) is 6.30. The maximum atomic E-state index is 12.1. The molecule has 2 rings (SSSR count). The van der Waals surface area contributed by atoms with Crippen molar-refractivity contribution >= 4 is 35.8 Å². The summed E-state index contributed by atoms with van der Waals surface area (Å²) in [6.07, 6.45) is 0.442. The van der Waals surface area contributed by atoms with E-state index in [2.05, 4.69) is 43.5 Å². The molecule has 0 aliphatic carbocycles. The average molecular weight is 359 g/mol. The van der Waals surface area contributed by atoms with Crippen LogP contribution in [0.5, 0.6) is 0 Å². The molecule has 1 aliphatic heterocycles. The average Bonchev–Trinajstić information content (AvgIpc) is 2.41. The minimum absolute atomic E-state index is 0. The minimum atomic E-state index is 0. The first-order chi connectivity index (χ1) is 10.3. The summed E-state index contributed by atoms with van der Waals surface area (Å²) in [6, 6.07) is 6.31. The van der Waals surface area contributed by atoms with Gasteiger partial charge in [0.05, 0.1) is 13.2 Å². The smallest absolute Gasteiger partial charge is 0.226 e. The molecule has 2 N–H and O–H groups in total. The van der Waals surface area contributed by atoms with Crippen LogP contribution in [0.3, 0.4) is 0 Å². The van der Waals surface area contributed by atoms with Crippen LogP contribution in [-0.2, 0) is 9.53 Å². The van der Waals surface area contributed by atoms with E-state index in [1.54, 1.807) is 0 Å². The number of carbonyl (C=O) groups is 1. The second kappa shape index (κ2) is 8.92. The number of amides is 1. The first kappa shape index (κ1) is 20.3. The van der Waals surface area contributed by atoms with Crippen molar-refractivity contribution in [1.29, 1.82) is 0 Å². The highest BCUT2D eigenvalue weighted by Gasteiger charge is 2.18. The molecule has 1 amide bonds. The van der Waals surface area contributed by atoms with Gasteiger partial charge in [-0.05, 0) is 30.7 Å². The molecule has 1 saturated heterocycles. The Hall–Kier alpha value is -0.750. The van der Waals surface area contributed by atoms with Crippen molar-refractivity contribution in [3.8, 4) is 0 Å². The number of aryl methyl sites for hydroxylation is 1. The van der Waals surface area contributed by atoms with Crippen molar-refractivity contribution in [1.82, 2.24) is 5.32 Å². The van der Waals surface area contributed by atoms with E-state index in [9.17, 15) is 4.79 Å². The Kier molecular flexibility index (Phi) is 7.87. The lowest BCUT2D eigenvalue weighted by Gasteiger charge is -2.23. The van der Waals surface area contributed by atoms with Crippen LogP contribution in [0.2, 0.25) is 0 Å². The molecule has 1 atom stereocenters. The summed E-state index contributed by atoms with van der Waals surface area (Å²) in [5.41, 5.74) is 1.98. The molecule has 0 saturated carbocycles. The molecule has 6 heteroatoms. The number of hydrogen-bond acceptors (Lipinski definition) is 4. The number of benzene rings is 1. The van der Waals surface area contributed by atoms with Gasteiger partial charge in [0.25, 0.3) is 0 Å². The molecular weight excluding hydrogens is 332 g/mol. The third-order valence-corrected chi connectivity index (χ3v) is 4.43. The maximum Gasteiger partial charge on any atom is 0.226 e. The van der Waals surface area contributed by atoms with E-state index in [-0.39, 0.29) is 29.1 Å². The number of halogens is 1. The zero-order valence-corrected chi connectivity index (χ0v) is 15.9. The van der Waals surface area contributed by atoms with Gasteiger partial charge in [-0.2, -0.15) is 0 Å². The van der Waals surface area contributed by atoms with Crippen LogP contribution in [0.1, 0.15) is 32.8 Å². The summed E-state index contributed by atoms with van der Waals surface area (Å²) in [7, 11) is 0. The number of thioether (sulfide) groups is 1. The number of morpholine rings is 1. The normalized spacial score (nSPS) is 18.2. The van der Waals surface area contributed by atoms with Gasteiger partial charge < -0.3 is 15.4 Å². The molecular formula is C17H27ClN2O2S. The second-order valence-corrected chi connectivity index (χ2v) is 8.57. The van der Waals surface area contributed by atoms with Gasteiger partial charge in [-0.15, -0.1) is 24.2 Å². The van der Waals surface area contributed by atoms with Gasteiger partial charge in [-0.1, -0.05) is 20.8 Å². The Balaban J connectivity index is 0.00000264. The molecule has 1 unspecified atom stereocenters. The Morgan fingerprint density at radius 1 is 1.43 bits per heavy atom. The van der Waals surface area contributed by atoms with E-state index < -0.39 is 0 Å². The van der Waals surface area contributed by atoms with Crippen LogP contribution in [0.25, 0.3) is 0 Å². The first-order valence-corrected chi connectivity index (χ1v) is 8.56. The third-order valence-electron chi connectivity index (χ3n) is 3.33.